The van der Waals surface area contributed by atoms with E-state index in [0.717, 1.165) is 13.1 Å². The van der Waals surface area contributed by atoms with Gasteiger partial charge in [0, 0.05) is 13.1 Å². The van der Waals surface area contributed by atoms with Gasteiger partial charge in [0.1, 0.15) is 0 Å². The van der Waals surface area contributed by atoms with E-state index < -0.39 is 0 Å². The van der Waals surface area contributed by atoms with Crippen molar-refractivity contribution in [2.24, 2.45) is 0 Å². The Hall–Kier alpha value is -0.240. The molecule has 1 fully saturated rings. The first-order valence-corrected chi connectivity index (χ1v) is 10.5. The van der Waals surface area contributed by atoms with Gasteiger partial charge in [-0.05, 0) is 12.8 Å². The van der Waals surface area contributed by atoms with E-state index >= 15 is 0 Å². The van der Waals surface area contributed by atoms with E-state index in [1.165, 1.54) is 103 Å². The molecule has 0 bridgehead atoms. The summed E-state index contributed by atoms with van der Waals surface area (Å²) in [5, 5.41) is 0. The van der Waals surface area contributed by atoms with Crippen molar-refractivity contribution >= 4 is 0 Å². The summed E-state index contributed by atoms with van der Waals surface area (Å²) in [4.78, 5) is 0. The average Bonchev–Trinajstić information content (AvgIpc) is 2.59. The number of hydrogen-bond acceptors (Lipinski definition) is 6. The number of hydrogen-bond donors (Lipinski definition) is 6. The average molecular weight is 343 g/mol. The molecule has 0 aromatic heterocycles. The highest BCUT2D eigenvalue weighted by Crippen LogP contribution is 2.13. The Kier molecular flexibility index (Phi) is 17.3. The van der Waals surface area contributed by atoms with Crippen LogP contribution in [0.1, 0.15) is 103 Å². The first-order chi connectivity index (χ1) is 12.0. The van der Waals surface area contributed by atoms with Crippen LogP contribution < -0.4 is 33.0 Å². The number of nitrogens with one attached hydrogen (secondary N) is 6. The van der Waals surface area contributed by atoms with Gasteiger partial charge in [-0.1, -0.05) is 89.9 Å². The fourth-order valence-corrected chi connectivity index (χ4v) is 3.18. The van der Waals surface area contributed by atoms with Gasteiger partial charge in [0.15, 0.2) is 0 Å². The fraction of sp³-hybridized carbons (Fsp3) is 1.00. The molecular weight excluding hydrogens is 300 g/mol. The van der Waals surface area contributed by atoms with Gasteiger partial charge >= 0.3 is 0 Å². The quantitative estimate of drug-likeness (QED) is 0.406. The molecule has 1 aliphatic heterocycles. The number of rotatable bonds is 0. The Morgan fingerprint density at radius 3 is 0.792 bits per heavy atom. The second-order valence-electron chi connectivity index (χ2n) is 7.01. The zero-order valence-corrected chi connectivity index (χ0v) is 15.7. The largest absolute Gasteiger partial charge is 0.243 e. The zero-order chi connectivity index (χ0) is 17.0. The van der Waals surface area contributed by atoms with Gasteiger partial charge in [-0.3, -0.25) is 0 Å². The van der Waals surface area contributed by atoms with Gasteiger partial charge in [-0.15, -0.1) is 0 Å². The van der Waals surface area contributed by atoms with Crippen molar-refractivity contribution in [3.05, 3.63) is 0 Å². The standard InChI is InChI=1S/C18H42N6/c1-2-4-6-8-10-12-14-16-18-20-22-24-23-21-19-17-15-13-11-9-7-5-3-1/h19-24H,1-18H2. The molecule has 0 amide bonds. The van der Waals surface area contributed by atoms with Gasteiger partial charge in [0.25, 0.3) is 0 Å². The molecule has 0 aliphatic carbocycles. The van der Waals surface area contributed by atoms with Crippen LogP contribution >= 0.6 is 0 Å². The summed E-state index contributed by atoms with van der Waals surface area (Å²) < 4.78 is 0. The second kappa shape index (κ2) is 19.1. The molecule has 0 aromatic rings. The molecule has 6 nitrogen and oxygen atoms in total. The van der Waals surface area contributed by atoms with Crippen molar-refractivity contribution in [3.8, 4) is 0 Å². The molecule has 0 unspecified atom stereocenters. The van der Waals surface area contributed by atoms with Gasteiger partial charge in [-0.25, -0.2) is 10.9 Å². The molecule has 0 atom stereocenters. The molecule has 0 aromatic carbocycles. The van der Waals surface area contributed by atoms with Crippen LogP contribution in [0.5, 0.6) is 0 Å². The first kappa shape index (κ1) is 21.8. The zero-order valence-electron chi connectivity index (χ0n) is 15.7. The lowest BCUT2D eigenvalue weighted by molar-refractivity contribution is 0.292. The van der Waals surface area contributed by atoms with Crippen molar-refractivity contribution in [1.82, 2.24) is 33.0 Å². The van der Waals surface area contributed by atoms with Crippen LogP contribution in [0.15, 0.2) is 0 Å². The molecule has 0 radical (unpaired) electrons. The predicted molar refractivity (Wildman–Crippen MR) is 102 cm³/mol. The van der Waals surface area contributed by atoms with Crippen LogP contribution in [0.4, 0.5) is 0 Å². The van der Waals surface area contributed by atoms with E-state index in [9.17, 15) is 0 Å². The Morgan fingerprint density at radius 2 is 0.500 bits per heavy atom. The van der Waals surface area contributed by atoms with Crippen molar-refractivity contribution in [2.75, 3.05) is 13.1 Å². The van der Waals surface area contributed by atoms with Crippen molar-refractivity contribution in [1.29, 1.82) is 0 Å². The third-order valence-electron chi connectivity index (χ3n) is 4.72. The highest BCUT2D eigenvalue weighted by atomic mass is 15.8. The van der Waals surface area contributed by atoms with Crippen LogP contribution in [0.2, 0.25) is 0 Å². The minimum atomic E-state index is 0.988. The maximum Gasteiger partial charge on any atom is 0.0113 e. The van der Waals surface area contributed by atoms with Crippen molar-refractivity contribution < 1.29 is 0 Å². The minimum absolute atomic E-state index is 0.988. The first-order valence-electron chi connectivity index (χ1n) is 10.5. The second-order valence-corrected chi connectivity index (χ2v) is 7.01. The summed E-state index contributed by atoms with van der Waals surface area (Å²) in [6.45, 7) is 1.98. The Balaban J connectivity index is 2.00. The summed E-state index contributed by atoms with van der Waals surface area (Å²) in [5.74, 6) is 0. The molecule has 144 valence electrons. The third kappa shape index (κ3) is 16.6. The summed E-state index contributed by atoms with van der Waals surface area (Å²) in [6.07, 6.45) is 22.2. The SMILES string of the molecule is C1CCCCCCCCCNNNNNNCCCCCCCC1. The Labute approximate surface area is 149 Å². The smallest absolute Gasteiger partial charge is 0.0113 e. The fourth-order valence-electron chi connectivity index (χ4n) is 3.18. The minimum Gasteiger partial charge on any atom is -0.243 e. The van der Waals surface area contributed by atoms with Crippen LogP contribution in [0.25, 0.3) is 0 Å². The predicted octanol–water partition coefficient (Wildman–Crippen LogP) is 3.35. The Bertz CT molecular complexity index is 130. The van der Waals surface area contributed by atoms with E-state index in [-0.39, 0.29) is 0 Å². The summed E-state index contributed by atoms with van der Waals surface area (Å²) in [5.41, 5.74) is 17.8. The molecule has 6 N–H and O–H groups in total. The maximum atomic E-state index is 3.14. The van der Waals surface area contributed by atoms with Crippen LogP contribution in [-0.4, -0.2) is 13.1 Å². The van der Waals surface area contributed by atoms with E-state index in [4.69, 9.17) is 0 Å². The molecule has 1 rings (SSSR count). The van der Waals surface area contributed by atoms with Gasteiger partial charge in [0.05, 0.1) is 0 Å². The molecule has 1 saturated heterocycles. The third-order valence-corrected chi connectivity index (χ3v) is 4.72. The van der Waals surface area contributed by atoms with Crippen molar-refractivity contribution in [2.45, 2.75) is 103 Å². The molecule has 24 heavy (non-hydrogen) atoms. The molecule has 0 spiro atoms. The van der Waals surface area contributed by atoms with Crippen LogP contribution in [0.3, 0.4) is 0 Å². The topological polar surface area (TPSA) is 72.2 Å². The lowest BCUT2D eigenvalue weighted by atomic mass is 10.0. The summed E-state index contributed by atoms with van der Waals surface area (Å²) in [6, 6.07) is 0. The number of hydrazine groups is 5. The van der Waals surface area contributed by atoms with Gasteiger partial charge in [-0.2, -0.15) is 22.1 Å². The van der Waals surface area contributed by atoms with Crippen molar-refractivity contribution in [3.63, 3.8) is 0 Å². The van der Waals surface area contributed by atoms with Gasteiger partial charge < -0.3 is 0 Å². The van der Waals surface area contributed by atoms with Gasteiger partial charge in [0.2, 0.25) is 0 Å². The Morgan fingerprint density at radius 1 is 0.250 bits per heavy atom. The highest BCUT2D eigenvalue weighted by Gasteiger charge is 1.95. The highest BCUT2D eigenvalue weighted by molar-refractivity contribution is 4.51. The normalized spacial score (nSPS) is 24.0. The molecular formula is C18H42N6. The molecule has 0 saturated carbocycles. The molecule has 1 heterocycles. The summed E-state index contributed by atoms with van der Waals surface area (Å²) in [7, 11) is 0. The van der Waals surface area contributed by atoms with E-state index in [1.54, 1.807) is 0 Å². The molecule has 1 aliphatic rings. The van der Waals surface area contributed by atoms with E-state index in [0.29, 0.717) is 0 Å². The van der Waals surface area contributed by atoms with E-state index in [2.05, 4.69) is 33.0 Å². The maximum absolute atomic E-state index is 3.14. The van der Waals surface area contributed by atoms with E-state index in [1.807, 2.05) is 0 Å². The lowest BCUT2D eigenvalue weighted by Crippen LogP contribution is -2.58. The van der Waals surface area contributed by atoms with Crippen LogP contribution in [-0.2, 0) is 0 Å². The summed E-state index contributed by atoms with van der Waals surface area (Å²) >= 11 is 0. The monoisotopic (exact) mass is 342 g/mol. The lowest BCUT2D eigenvalue weighted by Gasteiger charge is -2.11. The van der Waals surface area contributed by atoms with Crippen LogP contribution in [0, 0.1) is 0 Å². The molecule has 6 heteroatoms.